The molecule has 1 aromatic rings. The Labute approximate surface area is 166 Å². The normalized spacial score (nSPS) is 19.9. The third kappa shape index (κ3) is 5.19. The monoisotopic (exact) mass is 392 g/mol. The van der Waals surface area contributed by atoms with Crippen molar-refractivity contribution in [2.75, 3.05) is 27.2 Å². The number of amides is 1. The topological polar surface area (TPSA) is 95.7 Å². The molecule has 1 aromatic heterocycles. The van der Waals surface area contributed by atoms with Gasteiger partial charge in [0.1, 0.15) is 0 Å². The van der Waals surface area contributed by atoms with Crippen LogP contribution in [0.15, 0.2) is 0 Å². The van der Waals surface area contributed by atoms with Gasteiger partial charge in [-0.3, -0.25) is 19.1 Å². The zero-order valence-electron chi connectivity index (χ0n) is 17.6. The van der Waals surface area contributed by atoms with E-state index in [-0.39, 0.29) is 30.1 Å². The van der Waals surface area contributed by atoms with Crippen LogP contribution in [0.4, 0.5) is 0 Å². The van der Waals surface area contributed by atoms with Crippen LogP contribution in [0.25, 0.3) is 0 Å². The standard InChI is InChI=1S/C20H32N4O4/c1-13-20(15(3)25)14(2)24(21-13)11-9-18(26)23-10-8-17(22(4)5)16(12-23)6-7-19(27)28/h16-17H,6-12H2,1-5H3,(H,27,28)/t16-,17+/m0/s1. The summed E-state index contributed by atoms with van der Waals surface area (Å²) in [5.41, 5.74) is 2.12. The van der Waals surface area contributed by atoms with E-state index < -0.39 is 5.97 Å². The van der Waals surface area contributed by atoms with Crippen molar-refractivity contribution in [2.24, 2.45) is 5.92 Å². The molecule has 0 bridgehead atoms. The van der Waals surface area contributed by atoms with E-state index in [0.717, 1.165) is 12.1 Å². The summed E-state index contributed by atoms with van der Waals surface area (Å²) in [6.45, 7) is 6.89. The minimum absolute atomic E-state index is 0.0143. The summed E-state index contributed by atoms with van der Waals surface area (Å²) in [5.74, 6) is -0.609. The van der Waals surface area contributed by atoms with Gasteiger partial charge in [0.2, 0.25) is 5.91 Å². The van der Waals surface area contributed by atoms with Gasteiger partial charge in [-0.2, -0.15) is 5.10 Å². The van der Waals surface area contributed by atoms with Crippen molar-refractivity contribution in [1.82, 2.24) is 19.6 Å². The summed E-state index contributed by atoms with van der Waals surface area (Å²) in [6, 6.07) is 0.289. The number of hydrogen-bond acceptors (Lipinski definition) is 5. The quantitative estimate of drug-likeness (QED) is 0.677. The number of aromatic nitrogens is 2. The second kappa shape index (κ2) is 9.32. The molecule has 0 aromatic carbocycles. The molecular formula is C20H32N4O4. The zero-order valence-corrected chi connectivity index (χ0v) is 17.6. The Kier molecular flexibility index (Phi) is 7.35. The highest BCUT2D eigenvalue weighted by Crippen LogP contribution is 2.25. The highest BCUT2D eigenvalue weighted by molar-refractivity contribution is 5.96. The Balaban J connectivity index is 1.99. The number of carboxylic acid groups (broad SMARTS) is 1. The van der Waals surface area contributed by atoms with E-state index in [4.69, 9.17) is 5.11 Å². The Hall–Kier alpha value is -2.22. The fourth-order valence-corrected chi connectivity index (χ4v) is 4.30. The first-order valence-electron chi connectivity index (χ1n) is 9.82. The first-order valence-corrected chi connectivity index (χ1v) is 9.82. The van der Waals surface area contributed by atoms with Crippen molar-refractivity contribution in [3.8, 4) is 0 Å². The van der Waals surface area contributed by atoms with Crippen LogP contribution in [0.5, 0.6) is 0 Å². The van der Waals surface area contributed by atoms with Gasteiger partial charge in [0.25, 0.3) is 0 Å². The number of piperidine rings is 1. The van der Waals surface area contributed by atoms with Crippen molar-refractivity contribution in [1.29, 1.82) is 0 Å². The van der Waals surface area contributed by atoms with Gasteiger partial charge in [0.05, 0.1) is 11.3 Å². The summed E-state index contributed by atoms with van der Waals surface area (Å²) < 4.78 is 1.73. The molecular weight excluding hydrogens is 360 g/mol. The predicted octanol–water partition coefficient (Wildman–Crippen LogP) is 1.74. The molecule has 1 saturated heterocycles. The Morgan fingerprint density at radius 3 is 2.43 bits per heavy atom. The Morgan fingerprint density at radius 1 is 1.21 bits per heavy atom. The average molecular weight is 393 g/mol. The lowest BCUT2D eigenvalue weighted by molar-refractivity contribution is -0.137. The number of likely N-dealkylation sites (tertiary alicyclic amines) is 1. The SMILES string of the molecule is CC(=O)c1c(C)nn(CCC(=O)N2CC[C@@H](N(C)C)[C@@H](CCC(=O)O)C2)c1C. The predicted molar refractivity (Wildman–Crippen MR) is 105 cm³/mol. The molecule has 1 amide bonds. The fraction of sp³-hybridized carbons (Fsp3) is 0.700. The van der Waals surface area contributed by atoms with Crippen molar-refractivity contribution < 1.29 is 19.5 Å². The molecule has 8 nitrogen and oxygen atoms in total. The molecule has 1 aliphatic heterocycles. The summed E-state index contributed by atoms with van der Waals surface area (Å²) >= 11 is 0. The summed E-state index contributed by atoms with van der Waals surface area (Å²) in [5, 5.41) is 13.4. The molecule has 0 radical (unpaired) electrons. The maximum absolute atomic E-state index is 12.8. The van der Waals surface area contributed by atoms with Crippen LogP contribution in [0.3, 0.4) is 0 Å². The molecule has 28 heavy (non-hydrogen) atoms. The second-order valence-electron chi connectivity index (χ2n) is 7.93. The largest absolute Gasteiger partial charge is 0.481 e. The van der Waals surface area contributed by atoms with Crippen molar-refractivity contribution in [2.45, 2.75) is 59.0 Å². The molecule has 0 saturated carbocycles. The average Bonchev–Trinajstić information content (AvgIpc) is 2.90. The molecule has 2 atom stereocenters. The van der Waals surface area contributed by atoms with E-state index in [0.29, 0.717) is 43.7 Å². The van der Waals surface area contributed by atoms with Gasteiger partial charge < -0.3 is 14.9 Å². The van der Waals surface area contributed by atoms with E-state index >= 15 is 0 Å². The number of carboxylic acids is 1. The van der Waals surface area contributed by atoms with E-state index in [1.807, 2.05) is 25.9 Å². The summed E-state index contributed by atoms with van der Waals surface area (Å²) in [4.78, 5) is 39.5. The van der Waals surface area contributed by atoms with Gasteiger partial charge in [0.15, 0.2) is 5.78 Å². The van der Waals surface area contributed by atoms with Crippen LogP contribution in [-0.4, -0.2) is 75.6 Å². The van der Waals surface area contributed by atoms with Gasteiger partial charge in [0, 0.05) is 44.2 Å². The molecule has 1 N–H and O–H groups in total. The smallest absolute Gasteiger partial charge is 0.303 e. The lowest BCUT2D eigenvalue weighted by atomic mass is 9.87. The maximum atomic E-state index is 12.8. The molecule has 0 aliphatic carbocycles. The van der Waals surface area contributed by atoms with Crippen LogP contribution in [0.1, 0.15) is 54.4 Å². The fourth-order valence-electron chi connectivity index (χ4n) is 4.30. The minimum Gasteiger partial charge on any atom is -0.481 e. The number of aliphatic carboxylic acids is 1. The zero-order chi connectivity index (χ0) is 21.0. The number of ketones is 1. The van der Waals surface area contributed by atoms with E-state index in [9.17, 15) is 14.4 Å². The number of carbonyl (C=O) groups is 3. The molecule has 0 spiro atoms. The van der Waals surface area contributed by atoms with Crippen LogP contribution in [0.2, 0.25) is 0 Å². The van der Waals surface area contributed by atoms with Crippen LogP contribution in [0, 0.1) is 19.8 Å². The first-order chi connectivity index (χ1) is 13.1. The number of hydrogen-bond donors (Lipinski definition) is 1. The van der Waals surface area contributed by atoms with Crippen molar-refractivity contribution in [3.05, 3.63) is 17.0 Å². The number of Topliss-reactive ketones (excluding diaryl/α,β-unsaturated/α-hetero) is 1. The maximum Gasteiger partial charge on any atom is 0.303 e. The van der Waals surface area contributed by atoms with E-state index in [1.165, 1.54) is 6.92 Å². The Morgan fingerprint density at radius 2 is 1.89 bits per heavy atom. The van der Waals surface area contributed by atoms with Crippen LogP contribution >= 0.6 is 0 Å². The van der Waals surface area contributed by atoms with Crippen molar-refractivity contribution >= 4 is 17.7 Å². The number of rotatable bonds is 8. The number of nitrogens with zero attached hydrogens (tertiary/aromatic N) is 4. The van der Waals surface area contributed by atoms with Crippen LogP contribution < -0.4 is 0 Å². The van der Waals surface area contributed by atoms with Gasteiger partial charge >= 0.3 is 5.97 Å². The Bertz CT molecular complexity index is 741. The van der Waals surface area contributed by atoms with Crippen LogP contribution in [-0.2, 0) is 16.1 Å². The molecule has 1 aliphatic rings. The summed E-state index contributed by atoms with van der Waals surface area (Å²) in [7, 11) is 4.01. The lowest BCUT2D eigenvalue weighted by Crippen LogP contribution is -2.50. The third-order valence-corrected chi connectivity index (χ3v) is 5.71. The third-order valence-electron chi connectivity index (χ3n) is 5.71. The molecule has 2 heterocycles. The van der Waals surface area contributed by atoms with E-state index in [1.54, 1.807) is 11.6 Å². The first kappa shape index (κ1) is 22.1. The second-order valence-corrected chi connectivity index (χ2v) is 7.93. The highest BCUT2D eigenvalue weighted by atomic mass is 16.4. The molecule has 8 heteroatoms. The van der Waals surface area contributed by atoms with Gasteiger partial charge in [-0.25, -0.2) is 0 Å². The molecule has 0 unspecified atom stereocenters. The summed E-state index contributed by atoms with van der Waals surface area (Å²) in [6.07, 6.45) is 1.85. The molecule has 1 fully saturated rings. The number of aryl methyl sites for hydroxylation is 2. The molecule has 2 rings (SSSR count). The van der Waals surface area contributed by atoms with Gasteiger partial charge in [-0.15, -0.1) is 0 Å². The minimum atomic E-state index is -0.799. The van der Waals surface area contributed by atoms with Gasteiger partial charge in [-0.05, 0) is 53.6 Å². The van der Waals surface area contributed by atoms with Gasteiger partial charge in [-0.1, -0.05) is 0 Å². The van der Waals surface area contributed by atoms with Crippen molar-refractivity contribution in [3.63, 3.8) is 0 Å². The highest BCUT2D eigenvalue weighted by Gasteiger charge is 2.32. The number of carbonyl (C=O) groups excluding carboxylic acids is 2. The molecule has 156 valence electrons. The lowest BCUT2D eigenvalue weighted by Gasteiger charge is -2.41. The van der Waals surface area contributed by atoms with E-state index in [2.05, 4.69) is 10.00 Å².